The van der Waals surface area contributed by atoms with E-state index in [-0.39, 0.29) is 28.7 Å². The van der Waals surface area contributed by atoms with Crippen LogP contribution in [-0.2, 0) is 15.6 Å². The molecular weight excluding hydrogens is 332 g/mol. The van der Waals surface area contributed by atoms with Gasteiger partial charge in [0.05, 0.1) is 0 Å². The summed E-state index contributed by atoms with van der Waals surface area (Å²) < 4.78 is 37.8. The van der Waals surface area contributed by atoms with Crippen molar-refractivity contribution < 1.29 is 22.5 Å². The molecule has 8 heteroatoms. The molecule has 0 amide bonds. The van der Waals surface area contributed by atoms with Gasteiger partial charge in [-0.1, -0.05) is 23.4 Å². The van der Waals surface area contributed by atoms with Gasteiger partial charge in [-0.15, -0.1) is 0 Å². The first-order chi connectivity index (χ1) is 11.2. The lowest BCUT2D eigenvalue weighted by atomic mass is 10.0. The number of aliphatic hydroxyl groups is 1. The summed E-state index contributed by atoms with van der Waals surface area (Å²) in [6.45, 7) is 4.30. The monoisotopic (exact) mass is 350 g/mol. The van der Waals surface area contributed by atoms with Crippen LogP contribution < -0.4 is 4.72 Å². The summed E-state index contributed by atoms with van der Waals surface area (Å²) in [6, 6.07) is 9.01. The van der Waals surface area contributed by atoms with Crippen LogP contribution in [0, 0.1) is 13.8 Å². The maximum absolute atomic E-state index is 12.4. The molecule has 0 saturated carbocycles. The van der Waals surface area contributed by atoms with Crippen LogP contribution in [0.1, 0.15) is 24.1 Å². The van der Waals surface area contributed by atoms with Crippen molar-refractivity contribution in [3.63, 3.8) is 0 Å². The number of nitrogens with zero attached hydrogens (tertiary/aromatic N) is 1. The number of sulfonamides is 1. The maximum atomic E-state index is 12.4. The molecule has 0 spiro atoms. The van der Waals surface area contributed by atoms with Gasteiger partial charge in [-0.05, 0) is 32.9 Å². The molecule has 0 bridgehead atoms. The van der Waals surface area contributed by atoms with Crippen molar-refractivity contribution in [2.24, 2.45) is 0 Å². The lowest BCUT2D eigenvalue weighted by molar-refractivity contribution is 0.0411. The highest BCUT2D eigenvalue weighted by Crippen LogP contribution is 2.28. The van der Waals surface area contributed by atoms with Crippen LogP contribution in [0.3, 0.4) is 0 Å². The number of nitrogens with one attached hydrogen (secondary N) is 1. The molecule has 3 rings (SSSR count). The third-order valence-electron chi connectivity index (χ3n) is 3.80. The van der Waals surface area contributed by atoms with Crippen LogP contribution in [0.5, 0.6) is 0 Å². The molecule has 128 valence electrons. The van der Waals surface area contributed by atoms with E-state index in [1.807, 2.05) is 18.2 Å². The fourth-order valence-corrected chi connectivity index (χ4v) is 3.96. The van der Waals surface area contributed by atoms with Gasteiger partial charge in [0.2, 0.25) is 10.0 Å². The Morgan fingerprint density at radius 1 is 1.29 bits per heavy atom. The Bertz CT molecular complexity index is 932. The molecule has 7 nitrogen and oxygen atoms in total. The first kappa shape index (κ1) is 16.7. The Morgan fingerprint density at radius 3 is 2.62 bits per heavy atom. The van der Waals surface area contributed by atoms with E-state index in [0.29, 0.717) is 5.58 Å². The summed E-state index contributed by atoms with van der Waals surface area (Å²) in [6.07, 6.45) is 0. The van der Waals surface area contributed by atoms with Gasteiger partial charge in [0.1, 0.15) is 27.5 Å². The topological polar surface area (TPSA) is 106 Å². The van der Waals surface area contributed by atoms with E-state index in [9.17, 15) is 13.5 Å². The van der Waals surface area contributed by atoms with E-state index < -0.39 is 15.6 Å². The van der Waals surface area contributed by atoms with Crippen LogP contribution >= 0.6 is 0 Å². The summed E-state index contributed by atoms with van der Waals surface area (Å²) in [5, 5.41) is 15.1. The van der Waals surface area contributed by atoms with Crippen LogP contribution in [0.2, 0.25) is 0 Å². The summed E-state index contributed by atoms with van der Waals surface area (Å²) in [5.74, 6) is 0.480. The molecule has 3 aromatic rings. The quantitative estimate of drug-likeness (QED) is 0.731. The zero-order valence-corrected chi connectivity index (χ0v) is 14.3. The van der Waals surface area contributed by atoms with Crippen molar-refractivity contribution in [1.29, 1.82) is 0 Å². The van der Waals surface area contributed by atoms with Crippen molar-refractivity contribution in [3.05, 3.63) is 47.5 Å². The largest absolute Gasteiger partial charge is 0.458 e. The fourth-order valence-electron chi connectivity index (χ4n) is 2.50. The van der Waals surface area contributed by atoms with E-state index in [2.05, 4.69) is 9.88 Å². The summed E-state index contributed by atoms with van der Waals surface area (Å²) >= 11 is 0. The molecular formula is C16H18N2O5S. The van der Waals surface area contributed by atoms with Gasteiger partial charge < -0.3 is 14.0 Å². The Kier molecular flexibility index (Phi) is 3.98. The van der Waals surface area contributed by atoms with Crippen molar-refractivity contribution in [2.75, 3.05) is 6.54 Å². The number of hydrogen-bond acceptors (Lipinski definition) is 6. The Hall–Kier alpha value is -2.16. The maximum Gasteiger partial charge on any atom is 0.246 e. The van der Waals surface area contributed by atoms with Gasteiger partial charge >= 0.3 is 0 Å². The van der Waals surface area contributed by atoms with Crippen LogP contribution in [0.25, 0.3) is 11.0 Å². The molecule has 1 unspecified atom stereocenters. The van der Waals surface area contributed by atoms with Crippen LogP contribution in [0.4, 0.5) is 0 Å². The van der Waals surface area contributed by atoms with Gasteiger partial charge in [0.25, 0.3) is 0 Å². The fraction of sp³-hybridized carbons (Fsp3) is 0.312. The summed E-state index contributed by atoms with van der Waals surface area (Å²) in [5.41, 5.74) is -0.616. The highest BCUT2D eigenvalue weighted by Gasteiger charge is 2.32. The average Bonchev–Trinajstić information content (AvgIpc) is 3.09. The molecule has 0 fully saturated rings. The van der Waals surface area contributed by atoms with Crippen LogP contribution in [-0.4, -0.2) is 25.2 Å². The third-order valence-corrected chi connectivity index (χ3v) is 5.44. The average molecular weight is 350 g/mol. The van der Waals surface area contributed by atoms with E-state index in [0.717, 1.165) is 5.39 Å². The van der Waals surface area contributed by atoms with Crippen LogP contribution in [0.15, 0.2) is 44.2 Å². The standard InChI is InChI=1S/C16H18N2O5S/c1-10-15(11(2)23-18-10)24(20,21)17-9-16(3,19)14-8-12-6-4-5-7-13(12)22-14/h4-8,17,19H,9H2,1-3H3. The minimum absolute atomic E-state index is 0.0112. The van der Waals surface area contributed by atoms with Gasteiger partial charge in [-0.25, -0.2) is 13.1 Å². The van der Waals surface area contributed by atoms with E-state index in [1.165, 1.54) is 13.8 Å². The Balaban J connectivity index is 1.84. The smallest absolute Gasteiger partial charge is 0.246 e. The molecule has 24 heavy (non-hydrogen) atoms. The second-order valence-corrected chi connectivity index (χ2v) is 7.60. The molecule has 2 heterocycles. The molecule has 1 atom stereocenters. The SMILES string of the molecule is Cc1noc(C)c1S(=O)(=O)NCC(C)(O)c1cc2ccccc2o1. The van der Waals surface area contributed by atoms with Crippen molar-refractivity contribution in [3.8, 4) is 0 Å². The van der Waals surface area contributed by atoms with Crippen molar-refractivity contribution >= 4 is 21.0 Å². The van der Waals surface area contributed by atoms with Crippen molar-refractivity contribution in [2.45, 2.75) is 31.3 Å². The highest BCUT2D eigenvalue weighted by molar-refractivity contribution is 7.89. The van der Waals surface area contributed by atoms with Crippen molar-refractivity contribution in [1.82, 2.24) is 9.88 Å². The van der Waals surface area contributed by atoms with E-state index in [4.69, 9.17) is 8.94 Å². The van der Waals surface area contributed by atoms with Gasteiger partial charge in [-0.2, -0.15) is 0 Å². The van der Waals surface area contributed by atoms with Gasteiger partial charge in [0, 0.05) is 11.9 Å². The summed E-state index contributed by atoms with van der Waals surface area (Å²) in [7, 11) is -3.86. The normalized spacial score (nSPS) is 14.8. The molecule has 0 aliphatic rings. The highest BCUT2D eigenvalue weighted by atomic mass is 32.2. The molecule has 1 aromatic carbocycles. The first-order valence-corrected chi connectivity index (χ1v) is 8.83. The third kappa shape index (κ3) is 2.95. The Morgan fingerprint density at radius 2 is 2.00 bits per heavy atom. The number of rotatable bonds is 5. The number of benzene rings is 1. The number of para-hydroxylation sites is 1. The molecule has 0 saturated heterocycles. The Labute approximate surface area is 139 Å². The zero-order valence-electron chi connectivity index (χ0n) is 13.5. The lowest BCUT2D eigenvalue weighted by Gasteiger charge is -2.21. The lowest BCUT2D eigenvalue weighted by Crippen LogP contribution is -2.38. The number of aryl methyl sites for hydroxylation is 2. The predicted molar refractivity (Wildman–Crippen MR) is 87.0 cm³/mol. The second kappa shape index (κ2) is 5.73. The van der Waals surface area contributed by atoms with Gasteiger partial charge in [-0.3, -0.25) is 0 Å². The minimum Gasteiger partial charge on any atom is -0.458 e. The molecule has 0 aliphatic carbocycles. The number of hydrogen-bond donors (Lipinski definition) is 2. The molecule has 2 aromatic heterocycles. The number of furan rings is 1. The first-order valence-electron chi connectivity index (χ1n) is 7.35. The minimum atomic E-state index is -3.86. The number of aromatic nitrogens is 1. The molecule has 0 radical (unpaired) electrons. The molecule has 2 N–H and O–H groups in total. The van der Waals surface area contributed by atoms with E-state index >= 15 is 0 Å². The second-order valence-electron chi connectivity index (χ2n) is 5.90. The summed E-state index contributed by atoms with van der Waals surface area (Å²) in [4.78, 5) is -0.0112. The van der Waals surface area contributed by atoms with E-state index in [1.54, 1.807) is 19.1 Å². The zero-order chi connectivity index (χ0) is 17.5. The van der Waals surface area contributed by atoms with Gasteiger partial charge in [0.15, 0.2) is 5.76 Å². The predicted octanol–water partition coefficient (Wildman–Crippen LogP) is 2.22. The molecule has 0 aliphatic heterocycles. The number of fused-ring (bicyclic) bond motifs is 1.